The van der Waals surface area contributed by atoms with Crippen LogP contribution in [0.5, 0.6) is 0 Å². The number of carbonyl (C=O) groups is 2. The Morgan fingerprint density at radius 1 is 0.865 bits per heavy atom. The molecular formula is C31H25N3O3. The molecule has 5 aromatic rings. The van der Waals surface area contributed by atoms with E-state index >= 15 is 0 Å². The fourth-order valence-corrected chi connectivity index (χ4v) is 4.22. The Kier molecular flexibility index (Phi) is 6.90. The van der Waals surface area contributed by atoms with Crippen LogP contribution in [0.2, 0.25) is 0 Å². The first kappa shape index (κ1) is 23.8. The number of benzene rings is 4. The van der Waals surface area contributed by atoms with Crippen molar-refractivity contribution in [2.24, 2.45) is 0 Å². The molecule has 1 heterocycles. The fraction of sp³-hybridized carbons (Fsp3) is 0.0645. The van der Waals surface area contributed by atoms with Crippen molar-refractivity contribution in [2.75, 3.05) is 0 Å². The molecule has 182 valence electrons. The Hall–Kier alpha value is -4.97. The minimum atomic E-state index is -1.08. The second kappa shape index (κ2) is 10.7. The lowest BCUT2D eigenvalue weighted by atomic mass is 10.0. The standard InChI is InChI=1S/C31H25N3O3/c35-29(32-28(31(36)37)19-22-9-3-1-4-10-22)18-17-26-21-34(27-13-5-2-6-14-27)33-30(26)25-16-15-23-11-7-8-12-24(23)20-25/h1-18,20-21,28H,19H2,(H,32,35)(H,36,37)/b18-17+. The number of aromatic nitrogens is 2. The van der Waals surface area contributed by atoms with E-state index in [0.717, 1.165) is 38.8 Å². The van der Waals surface area contributed by atoms with E-state index in [1.54, 1.807) is 10.8 Å². The van der Waals surface area contributed by atoms with E-state index in [2.05, 4.69) is 23.5 Å². The minimum Gasteiger partial charge on any atom is -0.480 e. The topological polar surface area (TPSA) is 84.2 Å². The molecule has 0 saturated heterocycles. The summed E-state index contributed by atoms with van der Waals surface area (Å²) >= 11 is 0. The normalized spacial score (nSPS) is 12.0. The van der Waals surface area contributed by atoms with Crippen LogP contribution >= 0.6 is 0 Å². The monoisotopic (exact) mass is 487 g/mol. The van der Waals surface area contributed by atoms with Crippen molar-refractivity contribution < 1.29 is 14.7 Å². The number of carbonyl (C=O) groups excluding carboxylic acids is 1. The van der Waals surface area contributed by atoms with Crippen molar-refractivity contribution in [3.8, 4) is 16.9 Å². The Morgan fingerprint density at radius 3 is 2.27 bits per heavy atom. The third kappa shape index (κ3) is 5.65. The van der Waals surface area contributed by atoms with Gasteiger partial charge in [-0.15, -0.1) is 0 Å². The van der Waals surface area contributed by atoms with Crippen molar-refractivity contribution in [3.63, 3.8) is 0 Å². The number of amides is 1. The lowest BCUT2D eigenvalue weighted by Crippen LogP contribution is -2.41. The molecule has 1 unspecified atom stereocenters. The van der Waals surface area contributed by atoms with Gasteiger partial charge in [0.1, 0.15) is 6.04 Å². The third-order valence-electron chi connectivity index (χ3n) is 6.10. The Balaban J connectivity index is 1.44. The number of carboxylic acid groups (broad SMARTS) is 1. The van der Waals surface area contributed by atoms with E-state index in [4.69, 9.17) is 5.10 Å². The van der Waals surface area contributed by atoms with Gasteiger partial charge in [-0.2, -0.15) is 5.10 Å². The fourth-order valence-electron chi connectivity index (χ4n) is 4.22. The van der Waals surface area contributed by atoms with Crippen LogP contribution in [0.1, 0.15) is 11.1 Å². The van der Waals surface area contributed by atoms with E-state index in [-0.39, 0.29) is 6.42 Å². The van der Waals surface area contributed by atoms with E-state index < -0.39 is 17.9 Å². The molecule has 0 bridgehead atoms. The average molecular weight is 488 g/mol. The zero-order valence-corrected chi connectivity index (χ0v) is 20.0. The molecule has 0 aliphatic carbocycles. The largest absolute Gasteiger partial charge is 0.480 e. The lowest BCUT2D eigenvalue weighted by Gasteiger charge is -2.13. The molecule has 37 heavy (non-hydrogen) atoms. The molecule has 0 saturated carbocycles. The van der Waals surface area contributed by atoms with Crippen LogP contribution in [0.4, 0.5) is 0 Å². The smallest absolute Gasteiger partial charge is 0.326 e. The summed E-state index contributed by atoms with van der Waals surface area (Å²) in [7, 11) is 0. The number of rotatable bonds is 8. The van der Waals surface area contributed by atoms with Crippen LogP contribution in [0.25, 0.3) is 33.8 Å². The van der Waals surface area contributed by atoms with Gasteiger partial charge in [-0.05, 0) is 40.6 Å². The van der Waals surface area contributed by atoms with Crippen molar-refractivity contribution in [1.82, 2.24) is 15.1 Å². The molecule has 1 aromatic heterocycles. The van der Waals surface area contributed by atoms with Gasteiger partial charge in [0, 0.05) is 29.8 Å². The molecule has 4 aromatic carbocycles. The highest BCUT2D eigenvalue weighted by molar-refractivity contribution is 5.95. The summed E-state index contributed by atoms with van der Waals surface area (Å²) in [5.74, 6) is -1.57. The molecule has 5 rings (SSSR count). The van der Waals surface area contributed by atoms with Gasteiger partial charge in [-0.25, -0.2) is 9.48 Å². The maximum Gasteiger partial charge on any atom is 0.326 e. The van der Waals surface area contributed by atoms with Crippen LogP contribution < -0.4 is 5.32 Å². The van der Waals surface area contributed by atoms with E-state index in [0.29, 0.717) is 0 Å². The minimum absolute atomic E-state index is 0.198. The maximum absolute atomic E-state index is 12.7. The quantitative estimate of drug-likeness (QED) is 0.282. The number of nitrogens with one attached hydrogen (secondary N) is 1. The first-order valence-corrected chi connectivity index (χ1v) is 12.0. The van der Waals surface area contributed by atoms with Gasteiger partial charge in [0.15, 0.2) is 0 Å². The van der Waals surface area contributed by atoms with Crippen LogP contribution in [-0.2, 0) is 16.0 Å². The molecule has 0 aliphatic heterocycles. The van der Waals surface area contributed by atoms with Crippen LogP contribution in [0, 0.1) is 0 Å². The number of hydrogen-bond donors (Lipinski definition) is 2. The van der Waals surface area contributed by atoms with Crippen molar-refractivity contribution in [3.05, 3.63) is 127 Å². The zero-order valence-electron chi connectivity index (χ0n) is 20.0. The molecule has 0 radical (unpaired) electrons. The van der Waals surface area contributed by atoms with Crippen molar-refractivity contribution in [2.45, 2.75) is 12.5 Å². The highest BCUT2D eigenvalue weighted by Crippen LogP contribution is 2.28. The van der Waals surface area contributed by atoms with Gasteiger partial charge in [0.25, 0.3) is 0 Å². The van der Waals surface area contributed by atoms with E-state index in [1.165, 1.54) is 6.08 Å². The van der Waals surface area contributed by atoms with Crippen LogP contribution in [0.15, 0.2) is 115 Å². The number of para-hydroxylation sites is 1. The highest BCUT2D eigenvalue weighted by atomic mass is 16.4. The summed E-state index contributed by atoms with van der Waals surface area (Å²) in [6.07, 6.45) is 5.10. The number of carboxylic acids is 1. The van der Waals surface area contributed by atoms with Crippen LogP contribution in [0.3, 0.4) is 0 Å². The zero-order chi connectivity index (χ0) is 25.6. The summed E-state index contributed by atoms with van der Waals surface area (Å²) in [5, 5.41) is 19.3. The first-order chi connectivity index (χ1) is 18.1. The van der Waals surface area contributed by atoms with Gasteiger partial charge in [-0.1, -0.05) is 84.9 Å². The van der Waals surface area contributed by atoms with Gasteiger partial charge < -0.3 is 10.4 Å². The second-order valence-electron chi connectivity index (χ2n) is 8.70. The lowest BCUT2D eigenvalue weighted by molar-refractivity contribution is -0.141. The Bertz CT molecular complexity index is 1570. The Morgan fingerprint density at radius 2 is 1.54 bits per heavy atom. The number of nitrogens with zero attached hydrogens (tertiary/aromatic N) is 2. The summed E-state index contributed by atoms with van der Waals surface area (Å²) < 4.78 is 1.78. The van der Waals surface area contributed by atoms with Gasteiger partial charge in [0.05, 0.1) is 11.4 Å². The maximum atomic E-state index is 12.7. The average Bonchev–Trinajstić information content (AvgIpc) is 3.37. The molecule has 1 atom stereocenters. The first-order valence-electron chi connectivity index (χ1n) is 12.0. The predicted molar refractivity (Wildman–Crippen MR) is 145 cm³/mol. The predicted octanol–water partition coefficient (Wildman–Crippen LogP) is 5.52. The van der Waals surface area contributed by atoms with Gasteiger partial charge in [-0.3, -0.25) is 4.79 Å². The number of aliphatic carboxylic acids is 1. The summed E-state index contributed by atoms with van der Waals surface area (Å²) in [6, 6.07) is 32.2. The molecule has 6 heteroatoms. The van der Waals surface area contributed by atoms with Gasteiger partial charge >= 0.3 is 5.97 Å². The molecule has 0 spiro atoms. The van der Waals surface area contributed by atoms with Crippen molar-refractivity contribution >= 4 is 28.7 Å². The van der Waals surface area contributed by atoms with Crippen LogP contribution in [-0.4, -0.2) is 32.8 Å². The molecule has 6 nitrogen and oxygen atoms in total. The highest BCUT2D eigenvalue weighted by Gasteiger charge is 2.19. The number of hydrogen-bond acceptors (Lipinski definition) is 3. The van der Waals surface area contributed by atoms with Crippen molar-refractivity contribution in [1.29, 1.82) is 0 Å². The van der Waals surface area contributed by atoms with E-state index in [1.807, 2.05) is 91.1 Å². The molecule has 0 fully saturated rings. The van der Waals surface area contributed by atoms with E-state index in [9.17, 15) is 14.7 Å². The Labute approximate surface area is 214 Å². The third-order valence-corrected chi connectivity index (χ3v) is 6.10. The van der Waals surface area contributed by atoms with Gasteiger partial charge in [0.2, 0.25) is 5.91 Å². The second-order valence-corrected chi connectivity index (χ2v) is 8.70. The SMILES string of the molecule is O=C(/C=C/c1cn(-c2ccccc2)nc1-c1ccc2ccccc2c1)NC(Cc1ccccc1)C(=O)O. The summed E-state index contributed by atoms with van der Waals surface area (Å²) in [4.78, 5) is 24.5. The molecule has 2 N–H and O–H groups in total. The molecule has 1 amide bonds. The molecule has 0 aliphatic rings. The summed E-state index contributed by atoms with van der Waals surface area (Å²) in [5.41, 5.74) is 4.10. The molecular weight excluding hydrogens is 462 g/mol. The summed E-state index contributed by atoms with van der Waals surface area (Å²) in [6.45, 7) is 0. The number of fused-ring (bicyclic) bond motifs is 1.